The van der Waals surface area contributed by atoms with Crippen LogP contribution in [0, 0.1) is 0 Å². The fraction of sp³-hybridized carbons (Fsp3) is 0.0769. The van der Waals surface area contributed by atoms with Crippen molar-refractivity contribution in [3.63, 3.8) is 0 Å². The molecule has 0 bridgehead atoms. The number of carbonyl (C=O) groups excluding carboxylic acids is 2. The molecule has 0 aliphatic carbocycles. The van der Waals surface area contributed by atoms with Gasteiger partial charge in [-0.1, -0.05) is 11.6 Å². The number of aromatic amines is 1. The summed E-state index contributed by atoms with van der Waals surface area (Å²) in [5.74, 6) is -2.27. The minimum atomic E-state index is -3.82. The maximum Gasteiger partial charge on any atom is 0.286 e. The molecule has 0 aliphatic heterocycles. The van der Waals surface area contributed by atoms with Crippen molar-refractivity contribution in [1.82, 2.24) is 15.8 Å². The van der Waals surface area contributed by atoms with E-state index in [0.717, 1.165) is 0 Å². The Hall–Kier alpha value is -1.84. The van der Waals surface area contributed by atoms with Crippen LogP contribution in [0.3, 0.4) is 0 Å². The minimum absolute atomic E-state index is 0.0309. The summed E-state index contributed by atoms with van der Waals surface area (Å²) in [6.45, 7) is 0. The number of hydrogen-bond donors (Lipinski definition) is 3. The van der Waals surface area contributed by atoms with Gasteiger partial charge in [0.15, 0.2) is 9.84 Å². The molecule has 122 valence electrons. The molecule has 0 atom stereocenters. The van der Waals surface area contributed by atoms with Gasteiger partial charge >= 0.3 is 0 Å². The SMILES string of the molecule is O=C(CS(=O)(=O)c1ccc(Cl)cc1)NNC(=O)c1cc(Br)c[nH]1. The van der Waals surface area contributed by atoms with Gasteiger partial charge in [-0.05, 0) is 46.3 Å². The Morgan fingerprint density at radius 2 is 1.83 bits per heavy atom. The molecule has 0 saturated carbocycles. The van der Waals surface area contributed by atoms with Gasteiger partial charge in [0.05, 0.1) is 4.90 Å². The maximum atomic E-state index is 12.0. The number of hydrazine groups is 1. The quantitative estimate of drug-likeness (QED) is 0.654. The van der Waals surface area contributed by atoms with Crippen LogP contribution in [0.4, 0.5) is 0 Å². The van der Waals surface area contributed by atoms with Crippen LogP contribution in [0.5, 0.6) is 0 Å². The third kappa shape index (κ3) is 4.81. The lowest BCUT2D eigenvalue weighted by atomic mass is 10.4. The van der Waals surface area contributed by atoms with Crippen LogP contribution >= 0.6 is 27.5 Å². The maximum absolute atomic E-state index is 12.0. The lowest BCUT2D eigenvalue weighted by molar-refractivity contribution is -0.119. The predicted octanol–water partition coefficient (Wildman–Crippen LogP) is 1.67. The molecule has 0 unspecified atom stereocenters. The topological polar surface area (TPSA) is 108 Å². The fourth-order valence-corrected chi connectivity index (χ4v) is 3.23. The Morgan fingerprint density at radius 1 is 1.17 bits per heavy atom. The summed E-state index contributed by atoms with van der Waals surface area (Å²) in [4.78, 5) is 26.0. The molecule has 0 spiro atoms. The van der Waals surface area contributed by atoms with E-state index in [4.69, 9.17) is 11.6 Å². The molecular formula is C13H11BrClN3O4S. The number of benzene rings is 1. The highest BCUT2D eigenvalue weighted by atomic mass is 79.9. The first kappa shape index (κ1) is 17.5. The van der Waals surface area contributed by atoms with Gasteiger partial charge in [-0.3, -0.25) is 20.4 Å². The second-order valence-electron chi connectivity index (χ2n) is 4.45. The molecular weight excluding hydrogens is 410 g/mol. The first-order chi connectivity index (χ1) is 10.8. The van der Waals surface area contributed by atoms with Crippen LogP contribution in [-0.2, 0) is 14.6 Å². The summed E-state index contributed by atoms with van der Waals surface area (Å²) in [6.07, 6.45) is 1.54. The minimum Gasteiger partial charge on any atom is -0.356 e. The van der Waals surface area contributed by atoms with E-state index in [0.29, 0.717) is 9.50 Å². The summed E-state index contributed by atoms with van der Waals surface area (Å²) in [6, 6.07) is 6.94. The van der Waals surface area contributed by atoms with Crippen molar-refractivity contribution in [1.29, 1.82) is 0 Å². The van der Waals surface area contributed by atoms with Gasteiger partial charge in [0.2, 0.25) is 0 Å². The first-order valence-electron chi connectivity index (χ1n) is 6.19. The lowest BCUT2D eigenvalue weighted by Crippen LogP contribution is -2.44. The fourth-order valence-electron chi connectivity index (χ4n) is 1.63. The van der Waals surface area contributed by atoms with Gasteiger partial charge in [-0.25, -0.2) is 8.42 Å². The second-order valence-corrected chi connectivity index (χ2v) is 7.79. The summed E-state index contributed by atoms with van der Waals surface area (Å²) >= 11 is 8.85. The van der Waals surface area contributed by atoms with Crippen molar-refractivity contribution in [2.45, 2.75) is 4.90 Å². The third-order valence-electron chi connectivity index (χ3n) is 2.70. The van der Waals surface area contributed by atoms with E-state index in [1.165, 1.54) is 30.3 Å². The molecule has 2 amide bonds. The van der Waals surface area contributed by atoms with E-state index >= 15 is 0 Å². The highest BCUT2D eigenvalue weighted by molar-refractivity contribution is 9.10. The van der Waals surface area contributed by atoms with E-state index in [2.05, 4.69) is 26.3 Å². The van der Waals surface area contributed by atoms with E-state index in [1.807, 2.05) is 5.43 Å². The molecule has 0 radical (unpaired) electrons. The zero-order valence-electron chi connectivity index (χ0n) is 11.5. The van der Waals surface area contributed by atoms with Crippen LogP contribution < -0.4 is 10.9 Å². The van der Waals surface area contributed by atoms with Crippen LogP contribution in [0.25, 0.3) is 0 Å². The average molecular weight is 421 g/mol. The molecule has 3 N–H and O–H groups in total. The number of nitrogens with one attached hydrogen (secondary N) is 3. The van der Waals surface area contributed by atoms with Crippen molar-refractivity contribution in [2.24, 2.45) is 0 Å². The highest BCUT2D eigenvalue weighted by Gasteiger charge is 2.20. The van der Waals surface area contributed by atoms with Gasteiger partial charge in [0, 0.05) is 15.7 Å². The van der Waals surface area contributed by atoms with Crippen LogP contribution in [0.15, 0.2) is 45.9 Å². The number of aromatic nitrogens is 1. The van der Waals surface area contributed by atoms with Gasteiger partial charge < -0.3 is 4.98 Å². The average Bonchev–Trinajstić information content (AvgIpc) is 2.91. The van der Waals surface area contributed by atoms with Crippen LogP contribution in [-0.4, -0.2) is 31.0 Å². The van der Waals surface area contributed by atoms with Gasteiger partial charge in [0.25, 0.3) is 11.8 Å². The standard InChI is InChI=1S/C13H11BrClN3O4S/c14-8-5-11(16-6-8)13(20)18-17-12(19)7-23(21,22)10-3-1-9(15)2-4-10/h1-6,16H,7H2,(H,17,19)(H,18,20). The molecule has 0 fully saturated rings. The molecule has 1 aromatic carbocycles. The van der Waals surface area contributed by atoms with Gasteiger partial charge in [-0.15, -0.1) is 0 Å². The van der Waals surface area contributed by atoms with Gasteiger partial charge in [0.1, 0.15) is 11.4 Å². The molecule has 0 saturated heterocycles. The largest absolute Gasteiger partial charge is 0.356 e. The van der Waals surface area contributed by atoms with E-state index in [9.17, 15) is 18.0 Å². The molecule has 2 aromatic rings. The number of sulfone groups is 1. The van der Waals surface area contributed by atoms with E-state index < -0.39 is 27.4 Å². The monoisotopic (exact) mass is 419 g/mol. The summed E-state index contributed by atoms with van der Waals surface area (Å²) in [5.41, 5.74) is 4.37. The normalized spacial score (nSPS) is 11.0. The Balaban J connectivity index is 1.94. The van der Waals surface area contributed by atoms with E-state index in [-0.39, 0.29) is 10.6 Å². The van der Waals surface area contributed by atoms with Crippen molar-refractivity contribution in [3.05, 3.63) is 51.7 Å². The Kier molecular flexibility index (Phi) is 5.45. The molecule has 23 heavy (non-hydrogen) atoms. The highest BCUT2D eigenvalue weighted by Crippen LogP contribution is 2.15. The Labute approximate surface area is 145 Å². The van der Waals surface area contributed by atoms with Crippen molar-refractivity contribution in [2.75, 3.05) is 5.75 Å². The zero-order valence-corrected chi connectivity index (χ0v) is 14.6. The third-order valence-corrected chi connectivity index (χ3v) is 5.04. The molecule has 1 heterocycles. The zero-order chi connectivity index (χ0) is 17.0. The number of halogens is 2. The van der Waals surface area contributed by atoms with Gasteiger partial charge in [-0.2, -0.15) is 0 Å². The van der Waals surface area contributed by atoms with Crippen molar-refractivity contribution >= 4 is 49.2 Å². The second kappa shape index (κ2) is 7.16. The summed E-state index contributed by atoms with van der Waals surface area (Å²) in [7, 11) is -3.82. The molecule has 2 rings (SSSR count). The number of amides is 2. The molecule has 0 aliphatic rings. The Bertz CT molecular complexity index is 833. The molecule has 10 heteroatoms. The van der Waals surface area contributed by atoms with Crippen molar-refractivity contribution in [3.8, 4) is 0 Å². The predicted molar refractivity (Wildman–Crippen MR) is 87.6 cm³/mol. The van der Waals surface area contributed by atoms with Crippen LogP contribution in [0.1, 0.15) is 10.5 Å². The van der Waals surface area contributed by atoms with Crippen LogP contribution in [0.2, 0.25) is 5.02 Å². The smallest absolute Gasteiger partial charge is 0.286 e. The number of carbonyl (C=O) groups is 2. The van der Waals surface area contributed by atoms with E-state index in [1.54, 1.807) is 6.20 Å². The molecule has 7 nitrogen and oxygen atoms in total. The first-order valence-corrected chi connectivity index (χ1v) is 9.02. The van der Waals surface area contributed by atoms with Crippen molar-refractivity contribution < 1.29 is 18.0 Å². The Morgan fingerprint density at radius 3 is 2.39 bits per heavy atom. The number of rotatable bonds is 4. The lowest BCUT2D eigenvalue weighted by Gasteiger charge is -2.07. The summed E-state index contributed by atoms with van der Waals surface area (Å²) < 4.78 is 24.8. The summed E-state index contributed by atoms with van der Waals surface area (Å²) in [5, 5.41) is 0.387. The number of H-pyrrole nitrogens is 1. The number of hydrogen-bond acceptors (Lipinski definition) is 4. The molecule has 1 aromatic heterocycles.